The Morgan fingerprint density at radius 2 is 2.15 bits per heavy atom. The van der Waals surface area contributed by atoms with Gasteiger partial charge in [0.05, 0.1) is 6.42 Å². The van der Waals surface area contributed by atoms with E-state index in [0.29, 0.717) is 0 Å². The first-order valence-electron chi connectivity index (χ1n) is 3.77. The monoisotopic (exact) mass is 181 g/mol. The number of urea groups is 1. The summed E-state index contributed by atoms with van der Waals surface area (Å²) in [6.45, 7) is 0. The van der Waals surface area contributed by atoms with Crippen molar-refractivity contribution in [1.82, 2.24) is 15.5 Å². The standard InChI is InChI=1S/C7H7N3O3/c11-5-3-4-6(12)8-1-2-10(4)7(13)9-5/h1-2,4H,3H2,(H,8,12)(H,9,11,13). The van der Waals surface area contributed by atoms with Gasteiger partial charge in [-0.15, -0.1) is 0 Å². The number of hydrogen-bond donors (Lipinski definition) is 2. The minimum Gasteiger partial charge on any atom is -0.329 e. The van der Waals surface area contributed by atoms with Crippen LogP contribution in [0.2, 0.25) is 0 Å². The molecule has 6 heteroatoms. The van der Waals surface area contributed by atoms with E-state index in [2.05, 4.69) is 10.6 Å². The molecule has 0 spiro atoms. The molecule has 1 unspecified atom stereocenters. The van der Waals surface area contributed by atoms with Crippen molar-refractivity contribution < 1.29 is 14.4 Å². The lowest BCUT2D eigenvalue weighted by Gasteiger charge is -2.33. The Morgan fingerprint density at radius 1 is 1.38 bits per heavy atom. The van der Waals surface area contributed by atoms with Gasteiger partial charge in [-0.2, -0.15) is 0 Å². The molecule has 13 heavy (non-hydrogen) atoms. The van der Waals surface area contributed by atoms with E-state index in [4.69, 9.17) is 0 Å². The summed E-state index contributed by atoms with van der Waals surface area (Å²) in [6.07, 6.45) is 2.82. The summed E-state index contributed by atoms with van der Waals surface area (Å²) < 4.78 is 0. The predicted molar refractivity (Wildman–Crippen MR) is 41.1 cm³/mol. The quantitative estimate of drug-likeness (QED) is 0.497. The van der Waals surface area contributed by atoms with Crippen molar-refractivity contribution in [2.24, 2.45) is 0 Å². The van der Waals surface area contributed by atoms with Crippen LogP contribution in [0, 0.1) is 0 Å². The number of nitrogens with one attached hydrogen (secondary N) is 2. The van der Waals surface area contributed by atoms with Gasteiger partial charge in [-0.1, -0.05) is 0 Å². The second-order valence-corrected chi connectivity index (χ2v) is 2.80. The van der Waals surface area contributed by atoms with Crippen LogP contribution in [-0.4, -0.2) is 28.8 Å². The third-order valence-electron chi connectivity index (χ3n) is 1.96. The SMILES string of the molecule is O=C1CC2C(=O)NC=CN2C(=O)N1. The number of nitrogens with zero attached hydrogens (tertiary/aromatic N) is 1. The third-order valence-corrected chi connectivity index (χ3v) is 1.96. The van der Waals surface area contributed by atoms with Crippen molar-refractivity contribution in [3.63, 3.8) is 0 Å². The van der Waals surface area contributed by atoms with Crippen LogP contribution in [0.5, 0.6) is 0 Å². The Balaban J connectivity index is 2.30. The number of carbonyl (C=O) groups is 3. The largest absolute Gasteiger partial charge is 0.329 e. The number of fused-ring (bicyclic) bond motifs is 1. The molecule has 0 saturated carbocycles. The van der Waals surface area contributed by atoms with Crippen LogP contribution in [0.1, 0.15) is 6.42 Å². The molecular formula is C7H7N3O3. The molecule has 0 radical (unpaired) electrons. The zero-order valence-electron chi connectivity index (χ0n) is 6.61. The lowest BCUT2D eigenvalue weighted by Crippen LogP contribution is -2.59. The molecule has 2 aliphatic heterocycles. The lowest BCUT2D eigenvalue weighted by atomic mass is 10.1. The van der Waals surface area contributed by atoms with Crippen molar-refractivity contribution >= 4 is 17.8 Å². The average molecular weight is 181 g/mol. The molecule has 6 nitrogen and oxygen atoms in total. The third kappa shape index (κ3) is 1.16. The van der Waals surface area contributed by atoms with E-state index in [1.807, 2.05) is 0 Å². The van der Waals surface area contributed by atoms with E-state index in [9.17, 15) is 14.4 Å². The molecule has 1 fully saturated rings. The summed E-state index contributed by atoms with van der Waals surface area (Å²) in [5, 5.41) is 4.54. The van der Waals surface area contributed by atoms with E-state index in [1.54, 1.807) is 0 Å². The van der Waals surface area contributed by atoms with Crippen LogP contribution in [0.4, 0.5) is 4.79 Å². The predicted octanol–water partition coefficient (Wildman–Crippen LogP) is -1.10. The van der Waals surface area contributed by atoms with Gasteiger partial charge in [-0.05, 0) is 0 Å². The van der Waals surface area contributed by atoms with E-state index < -0.39 is 18.0 Å². The summed E-state index contributed by atoms with van der Waals surface area (Å²) in [4.78, 5) is 34.5. The highest BCUT2D eigenvalue weighted by molar-refractivity contribution is 6.03. The van der Waals surface area contributed by atoms with Crippen molar-refractivity contribution in [3.05, 3.63) is 12.4 Å². The summed E-state index contributed by atoms with van der Waals surface area (Å²) in [5.74, 6) is -0.748. The topological polar surface area (TPSA) is 78.5 Å². The van der Waals surface area contributed by atoms with Gasteiger partial charge >= 0.3 is 6.03 Å². The average Bonchev–Trinajstić information content (AvgIpc) is 2.07. The molecule has 2 N–H and O–H groups in total. The van der Waals surface area contributed by atoms with Gasteiger partial charge in [0.2, 0.25) is 11.8 Å². The highest BCUT2D eigenvalue weighted by Gasteiger charge is 2.37. The summed E-state index contributed by atoms with van der Waals surface area (Å²) >= 11 is 0. The minimum absolute atomic E-state index is 0.0158. The molecule has 0 bridgehead atoms. The Bertz CT molecular complexity index is 323. The Labute approximate surface area is 73.6 Å². The Morgan fingerprint density at radius 3 is 2.92 bits per heavy atom. The van der Waals surface area contributed by atoms with Crippen LogP contribution >= 0.6 is 0 Å². The van der Waals surface area contributed by atoms with Gasteiger partial charge < -0.3 is 5.32 Å². The minimum atomic E-state index is -0.689. The second kappa shape index (κ2) is 2.58. The fraction of sp³-hybridized carbons (Fsp3) is 0.286. The highest BCUT2D eigenvalue weighted by Crippen LogP contribution is 2.13. The first-order chi connectivity index (χ1) is 6.18. The van der Waals surface area contributed by atoms with Crippen LogP contribution in [-0.2, 0) is 9.59 Å². The Kier molecular flexibility index (Phi) is 1.54. The van der Waals surface area contributed by atoms with E-state index in [0.717, 1.165) is 0 Å². The van der Waals surface area contributed by atoms with Crippen LogP contribution < -0.4 is 10.6 Å². The van der Waals surface area contributed by atoms with Gasteiger partial charge in [0.15, 0.2) is 0 Å². The number of imide groups is 1. The Hall–Kier alpha value is -1.85. The maximum absolute atomic E-state index is 11.2. The zero-order chi connectivity index (χ0) is 9.42. The molecule has 0 aromatic rings. The molecule has 1 atom stereocenters. The van der Waals surface area contributed by atoms with Gasteiger partial charge in [-0.25, -0.2) is 4.79 Å². The van der Waals surface area contributed by atoms with Crippen LogP contribution in [0.25, 0.3) is 0 Å². The number of hydrogen-bond acceptors (Lipinski definition) is 3. The van der Waals surface area contributed by atoms with Gasteiger partial charge in [0.1, 0.15) is 6.04 Å². The van der Waals surface area contributed by atoms with E-state index >= 15 is 0 Å². The van der Waals surface area contributed by atoms with Crippen molar-refractivity contribution in [2.75, 3.05) is 0 Å². The van der Waals surface area contributed by atoms with E-state index in [1.165, 1.54) is 17.3 Å². The molecule has 0 aliphatic carbocycles. The maximum Gasteiger partial charge on any atom is 0.328 e. The lowest BCUT2D eigenvalue weighted by molar-refractivity contribution is -0.131. The smallest absolute Gasteiger partial charge is 0.328 e. The molecule has 2 rings (SSSR count). The van der Waals surface area contributed by atoms with E-state index in [-0.39, 0.29) is 12.3 Å². The molecule has 0 aromatic carbocycles. The number of rotatable bonds is 0. The van der Waals surface area contributed by atoms with Crippen molar-refractivity contribution in [3.8, 4) is 0 Å². The first kappa shape index (κ1) is 7.78. The maximum atomic E-state index is 11.2. The summed E-state index contributed by atoms with van der Waals surface area (Å²) in [6, 6.07) is -1.24. The van der Waals surface area contributed by atoms with Crippen molar-refractivity contribution in [2.45, 2.75) is 12.5 Å². The second-order valence-electron chi connectivity index (χ2n) is 2.80. The van der Waals surface area contributed by atoms with Crippen molar-refractivity contribution in [1.29, 1.82) is 0 Å². The summed E-state index contributed by atoms with van der Waals surface area (Å²) in [5.41, 5.74) is 0. The molecule has 1 saturated heterocycles. The fourth-order valence-corrected chi connectivity index (χ4v) is 1.34. The number of amides is 4. The molecule has 4 amide bonds. The number of carbonyl (C=O) groups excluding carboxylic acids is 3. The summed E-state index contributed by atoms with van der Waals surface area (Å²) in [7, 11) is 0. The first-order valence-corrected chi connectivity index (χ1v) is 3.77. The van der Waals surface area contributed by atoms with Crippen LogP contribution in [0.3, 0.4) is 0 Å². The van der Waals surface area contributed by atoms with Gasteiger partial charge in [-0.3, -0.25) is 19.8 Å². The van der Waals surface area contributed by atoms with Crippen LogP contribution in [0.15, 0.2) is 12.4 Å². The zero-order valence-corrected chi connectivity index (χ0v) is 6.61. The molecule has 68 valence electrons. The molecular weight excluding hydrogens is 174 g/mol. The highest BCUT2D eigenvalue weighted by atomic mass is 16.2. The molecule has 2 aliphatic rings. The molecule has 2 heterocycles. The molecule has 0 aromatic heterocycles. The normalized spacial score (nSPS) is 26.6. The van der Waals surface area contributed by atoms with Gasteiger partial charge in [0, 0.05) is 12.4 Å². The fourth-order valence-electron chi connectivity index (χ4n) is 1.34. The van der Waals surface area contributed by atoms with Gasteiger partial charge in [0.25, 0.3) is 0 Å².